The van der Waals surface area contributed by atoms with E-state index in [1.165, 1.54) is 4.31 Å². The van der Waals surface area contributed by atoms with Gasteiger partial charge in [-0.05, 0) is 61.7 Å². The predicted octanol–water partition coefficient (Wildman–Crippen LogP) is 3.29. The number of aromatic nitrogens is 1. The number of oxazole rings is 1. The molecule has 6 nitrogen and oxygen atoms in total. The van der Waals surface area contributed by atoms with E-state index in [1.807, 2.05) is 25.1 Å². The molecule has 1 aliphatic rings. The van der Waals surface area contributed by atoms with Crippen LogP contribution in [0.3, 0.4) is 0 Å². The van der Waals surface area contributed by atoms with E-state index in [4.69, 9.17) is 10.2 Å². The van der Waals surface area contributed by atoms with Crippen LogP contribution in [0.2, 0.25) is 0 Å². The van der Waals surface area contributed by atoms with Crippen molar-refractivity contribution in [2.24, 2.45) is 0 Å². The number of rotatable bonds is 3. The molecule has 1 aliphatic heterocycles. The number of benzene rings is 2. The zero-order valence-electron chi connectivity index (χ0n) is 14.6. The molecule has 3 aromatic rings. The van der Waals surface area contributed by atoms with Crippen molar-refractivity contribution in [3.05, 3.63) is 53.9 Å². The molecular formula is C19H21N3O3S. The third-order valence-electron chi connectivity index (χ3n) is 4.88. The number of piperidine rings is 1. The third kappa shape index (κ3) is 3.08. The Morgan fingerprint density at radius 2 is 1.81 bits per heavy atom. The second-order valence-corrected chi connectivity index (χ2v) is 8.71. The molecule has 26 heavy (non-hydrogen) atoms. The Bertz CT molecular complexity index is 1030. The summed E-state index contributed by atoms with van der Waals surface area (Å²) in [4.78, 5) is 4.86. The van der Waals surface area contributed by atoms with Crippen molar-refractivity contribution in [1.29, 1.82) is 0 Å². The molecule has 2 aromatic carbocycles. The van der Waals surface area contributed by atoms with Gasteiger partial charge >= 0.3 is 0 Å². The summed E-state index contributed by atoms with van der Waals surface area (Å²) in [5.41, 5.74) is 8.96. The molecule has 0 saturated carbocycles. The van der Waals surface area contributed by atoms with Gasteiger partial charge in [0.15, 0.2) is 11.5 Å². The Hall–Kier alpha value is -2.38. The maximum Gasteiger partial charge on any atom is 0.243 e. The number of sulfonamides is 1. The van der Waals surface area contributed by atoms with Gasteiger partial charge < -0.3 is 10.2 Å². The summed E-state index contributed by atoms with van der Waals surface area (Å²) in [7, 11) is -3.49. The van der Waals surface area contributed by atoms with Gasteiger partial charge in [-0.1, -0.05) is 6.07 Å². The van der Waals surface area contributed by atoms with Crippen LogP contribution in [-0.4, -0.2) is 30.8 Å². The van der Waals surface area contributed by atoms with Crippen molar-refractivity contribution in [1.82, 2.24) is 9.29 Å². The van der Waals surface area contributed by atoms with Crippen molar-refractivity contribution in [3.8, 4) is 0 Å². The molecule has 2 heterocycles. The van der Waals surface area contributed by atoms with Gasteiger partial charge in [0.1, 0.15) is 5.52 Å². The van der Waals surface area contributed by atoms with Crippen LogP contribution in [0.4, 0.5) is 5.69 Å². The lowest BCUT2D eigenvalue weighted by atomic mass is 9.98. The maximum atomic E-state index is 12.8. The average Bonchev–Trinajstić information content (AvgIpc) is 3.05. The highest BCUT2D eigenvalue weighted by Crippen LogP contribution is 2.32. The summed E-state index contributed by atoms with van der Waals surface area (Å²) in [6, 6.07) is 12.3. The second-order valence-electron chi connectivity index (χ2n) is 6.77. The first-order valence-electron chi connectivity index (χ1n) is 8.66. The van der Waals surface area contributed by atoms with E-state index >= 15 is 0 Å². The first kappa shape index (κ1) is 17.1. The van der Waals surface area contributed by atoms with E-state index in [0.29, 0.717) is 37.5 Å². The topological polar surface area (TPSA) is 89.4 Å². The molecule has 0 aliphatic carbocycles. The normalized spacial score (nSPS) is 17.0. The molecule has 7 heteroatoms. The molecule has 4 rings (SSSR count). The SMILES string of the molecule is Cc1ccc2nc(C3CCN(S(=O)(=O)c4ccc(N)cc4)CC3)oc2c1. The van der Waals surface area contributed by atoms with E-state index in [1.54, 1.807) is 24.3 Å². The summed E-state index contributed by atoms with van der Waals surface area (Å²) < 4.78 is 33.0. The van der Waals surface area contributed by atoms with Crippen LogP contribution >= 0.6 is 0 Å². The fourth-order valence-corrected chi connectivity index (χ4v) is 4.83. The summed E-state index contributed by atoms with van der Waals surface area (Å²) in [6.45, 7) is 2.92. The van der Waals surface area contributed by atoms with Crippen LogP contribution in [-0.2, 0) is 10.0 Å². The van der Waals surface area contributed by atoms with Gasteiger partial charge in [-0.15, -0.1) is 0 Å². The van der Waals surface area contributed by atoms with E-state index in [9.17, 15) is 8.42 Å². The molecular weight excluding hydrogens is 350 g/mol. The Morgan fingerprint density at radius 3 is 2.50 bits per heavy atom. The Labute approximate surface area is 152 Å². The van der Waals surface area contributed by atoms with Crippen molar-refractivity contribution >= 4 is 26.8 Å². The van der Waals surface area contributed by atoms with Gasteiger partial charge in [0.05, 0.1) is 4.90 Å². The van der Waals surface area contributed by atoms with Crippen LogP contribution in [0.15, 0.2) is 51.8 Å². The molecule has 0 atom stereocenters. The Morgan fingerprint density at radius 1 is 1.12 bits per heavy atom. The van der Waals surface area contributed by atoms with Crippen LogP contribution in [0.5, 0.6) is 0 Å². The molecule has 136 valence electrons. The highest BCUT2D eigenvalue weighted by Gasteiger charge is 2.31. The highest BCUT2D eigenvalue weighted by molar-refractivity contribution is 7.89. The van der Waals surface area contributed by atoms with E-state index in [0.717, 1.165) is 16.7 Å². The molecule has 0 amide bonds. The van der Waals surface area contributed by atoms with Crippen LogP contribution in [0.25, 0.3) is 11.1 Å². The summed E-state index contributed by atoms with van der Waals surface area (Å²) in [5, 5.41) is 0. The Kier molecular flexibility index (Phi) is 4.20. The highest BCUT2D eigenvalue weighted by atomic mass is 32.2. The largest absolute Gasteiger partial charge is 0.440 e. The predicted molar refractivity (Wildman–Crippen MR) is 100 cm³/mol. The molecule has 1 aromatic heterocycles. The van der Waals surface area contributed by atoms with Gasteiger partial charge in [0, 0.05) is 24.7 Å². The first-order chi connectivity index (χ1) is 12.4. The number of anilines is 1. The minimum atomic E-state index is -3.49. The molecule has 0 spiro atoms. The van der Waals surface area contributed by atoms with E-state index < -0.39 is 10.0 Å². The molecule has 0 unspecified atom stereocenters. The fraction of sp³-hybridized carbons (Fsp3) is 0.316. The number of nitrogens with zero attached hydrogens (tertiary/aromatic N) is 2. The average molecular weight is 371 g/mol. The number of hydrogen-bond donors (Lipinski definition) is 1. The van der Waals surface area contributed by atoms with Gasteiger partial charge in [-0.25, -0.2) is 13.4 Å². The summed E-state index contributed by atoms with van der Waals surface area (Å²) >= 11 is 0. The number of fused-ring (bicyclic) bond motifs is 1. The smallest absolute Gasteiger partial charge is 0.243 e. The number of nitrogen functional groups attached to an aromatic ring is 1. The number of hydrogen-bond acceptors (Lipinski definition) is 5. The lowest BCUT2D eigenvalue weighted by Gasteiger charge is -2.29. The van der Waals surface area contributed by atoms with E-state index in [-0.39, 0.29) is 10.8 Å². The van der Waals surface area contributed by atoms with Gasteiger partial charge in [-0.3, -0.25) is 0 Å². The Balaban J connectivity index is 1.50. The summed E-state index contributed by atoms with van der Waals surface area (Å²) in [6.07, 6.45) is 1.39. The number of nitrogens with two attached hydrogens (primary N) is 1. The van der Waals surface area contributed by atoms with Crippen LogP contribution in [0.1, 0.15) is 30.2 Å². The summed E-state index contributed by atoms with van der Waals surface area (Å²) in [5.74, 6) is 0.843. The molecule has 0 radical (unpaired) electrons. The lowest BCUT2D eigenvalue weighted by molar-refractivity contribution is 0.293. The molecule has 0 bridgehead atoms. The van der Waals surface area contributed by atoms with Crippen LogP contribution < -0.4 is 5.73 Å². The van der Waals surface area contributed by atoms with E-state index in [2.05, 4.69) is 4.98 Å². The number of aryl methyl sites for hydroxylation is 1. The molecule has 1 saturated heterocycles. The second kappa shape index (κ2) is 6.41. The van der Waals surface area contributed by atoms with Gasteiger partial charge in [0.25, 0.3) is 0 Å². The lowest BCUT2D eigenvalue weighted by Crippen LogP contribution is -2.37. The molecule has 1 fully saturated rings. The van der Waals surface area contributed by atoms with Crippen molar-refractivity contribution in [3.63, 3.8) is 0 Å². The monoisotopic (exact) mass is 371 g/mol. The minimum absolute atomic E-state index is 0.139. The standard InChI is InChI=1S/C19H21N3O3S/c1-13-2-7-17-18(12-13)25-19(21-17)14-8-10-22(11-9-14)26(23,24)16-5-3-15(20)4-6-16/h2-7,12,14H,8-11,20H2,1H3. The molecule has 2 N–H and O–H groups in total. The first-order valence-corrected chi connectivity index (χ1v) is 10.1. The third-order valence-corrected chi connectivity index (χ3v) is 6.79. The quantitative estimate of drug-likeness (QED) is 0.714. The van der Waals surface area contributed by atoms with Gasteiger partial charge in [-0.2, -0.15) is 4.31 Å². The van der Waals surface area contributed by atoms with Crippen LogP contribution in [0, 0.1) is 6.92 Å². The zero-order chi connectivity index (χ0) is 18.3. The van der Waals surface area contributed by atoms with Crippen molar-refractivity contribution in [2.75, 3.05) is 18.8 Å². The zero-order valence-corrected chi connectivity index (χ0v) is 15.4. The maximum absolute atomic E-state index is 12.8. The van der Waals surface area contributed by atoms with Crippen molar-refractivity contribution in [2.45, 2.75) is 30.6 Å². The minimum Gasteiger partial charge on any atom is -0.440 e. The van der Waals surface area contributed by atoms with Gasteiger partial charge in [0.2, 0.25) is 10.0 Å². The van der Waals surface area contributed by atoms with Crippen molar-refractivity contribution < 1.29 is 12.8 Å². The fourth-order valence-electron chi connectivity index (χ4n) is 3.36.